The van der Waals surface area contributed by atoms with Crippen LogP contribution >= 0.6 is 0 Å². The molecule has 6 heteroatoms. The monoisotopic (exact) mass is 346 g/mol. The van der Waals surface area contributed by atoms with Crippen molar-refractivity contribution < 1.29 is 9.59 Å². The summed E-state index contributed by atoms with van der Waals surface area (Å²) in [5.74, 6) is 0.0534. The normalized spacial score (nSPS) is 15.8. The summed E-state index contributed by atoms with van der Waals surface area (Å²) in [4.78, 5) is 32.3. The Kier molecular flexibility index (Phi) is 7.85. The van der Waals surface area contributed by atoms with Crippen molar-refractivity contribution >= 4 is 11.8 Å². The zero-order chi connectivity index (χ0) is 18.1. The van der Waals surface area contributed by atoms with Crippen molar-refractivity contribution in [2.24, 2.45) is 0 Å². The number of pyridine rings is 1. The molecule has 0 radical (unpaired) electrons. The quantitative estimate of drug-likeness (QED) is 0.780. The van der Waals surface area contributed by atoms with Crippen molar-refractivity contribution in [3.63, 3.8) is 0 Å². The second-order valence-electron chi connectivity index (χ2n) is 6.55. The maximum absolute atomic E-state index is 12.1. The molecular weight excluding hydrogens is 316 g/mol. The fourth-order valence-electron chi connectivity index (χ4n) is 3.24. The number of hydrogen-bond acceptors (Lipinski definition) is 4. The van der Waals surface area contributed by atoms with Gasteiger partial charge in [-0.05, 0) is 38.3 Å². The molecule has 0 saturated carbocycles. The van der Waals surface area contributed by atoms with Crippen LogP contribution in [-0.4, -0.2) is 58.8 Å². The Morgan fingerprint density at radius 2 is 1.96 bits per heavy atom. The SMILES string of the molecule is CCN(CC)C(=O)CCC(=O)NC1CCN(Cc2cccnc2)CC1. The molecule has 1 aliphatic rings. The molecule has 2 amide bonds. The molecule has 1 fully saturated rings. The number of aromatic nitrogens is 1. The summed E-state index contributed by atoms with van der Waals surface area (Å²) in [6.07, 6.45) is 6.18. The Labute approximate surface area is 150 Å². The molecular formula is C19H30N4O2. The number of nitrogens with zero attached hydrogens (tertiary/aromatic N) is 3. The van der Waals surface area contributed by atoms with Crippen LogP contribution in [0.3, 0.4) is 0 Å². The fourth-order valence-corrected chi connectivity index (χ4v) is 3.24. The van der Waals surface area contributed by atoms with Gasteiger partial charge in [-0.1, -0.05) is 6.07 Å². The average Bonchev–Trinajstić information content (AvgIpc) is 2.63. The Balaban J connectivity index is 1.65. The molecule has 1 aliphatic heterocycles. The predicted molar refractivity (Wildman–Crippen MR) is 97.8 cm³/mol. The van der Waals surface area contributed by atoms with E-state index in [0.29, 0.717) is 19.5 Å². The van der Waals surface area contributed by atoms with Crippen LogP contribution < -0.4 is 5.32 Å². The average molecular weight is 346 g/mol. The van der Waals surface area contributed by atoms with Crippen LogP contribution in [0.25, 0.3) is 0 Å². The highest BCUT2D eigenvalue weighted by atomic mass is 16.2. The van der Waals surface area contributed by atoms with Gasteiger partial charge in [0.25, 0.3) is 0 Å². The lowest BCUT2D eigenvalue weighted by Crippen LogP contribution is -2.44. The van der Waals surface area contributed by atoms with E-state index in [2.05, 4.69) is 21.3 Å². The number of rotatable bonds is 8. The first kappa shape index (κ1) is 19.4. The van der Waals surface area contributed by atoms with E-state index in [9.17, 15) is 9.59 Å². The summed E-state index contributed by atoms with van der Waals surface area (Å²) in [7, 11) is 0. The van der Waals surface area contributed by atoms with Crippen molar-refractivity contribution in [1.29, 1.82) is 0 Å². The second kappa shape index (κ2) is 10.1. The van der Waals surface area contributed by atoms with E-state index in [1.54, 1.807) is 11.1 Å². The third-order valence-corrected chi connectivity index (χ3v) is 4.76. The molecule has 0 bridgehead atoms. The molecule has 6 nitrogen and oxygen atoms in total. The van der Waals surface area contributed by atoms with Gasteiger partial charge in [0.2, 0.25) is 11.8 Å². The third kappa shape index (κ3) is 6.46. The van der Waals surface area contributed by atoms with Crippen LogP contribution in [0.1, 0.15) is 45.1 Å². The Hall–Kier alpha value is -1.95. The van der Waals surface area contributed by atoms with E-state index in [4.69, 9.17) is 0 Å². The first-order valence-electron chi connectivity index (χ1n) is 9.30. The molecule has 0 aliphatic carbocycles. The van der Waals surface area contributed by atoms with Crippen LogP contribution in [0.2, 0.25) is 0 Å². The summed E-state index contributed by atoms with van der Waals surface area (Å²) in [6, 6.07) is 4.27. The number of hydrogen-bond donors (Lipinski definition) is 1. The zero-order valence-corrected chi connectivity index (χ0v) is 15.4. The number of carbonyl (C=O) groups is 2. The van der Waals surface area contributed by atoms with Gasteiger partial charge in [-0.3, -0.25) is 19.5 Å². The number of piperidine rings is 1. The highest BCUT2D eigenvalue weighted by Crippen LogP contribution is 2.13. The van der Waals surface area contributed by atoms with Crippen LogP contribution in [-0.2, 0) is 16.1 Å². The van der Waals surface area contributed by atoms with E-state index in [0.717, 1.165) is 32.5 Å². The highest BCUT2D eigenvalue weighted by molar-refractivity contribution is 5.83. The van der Waals surface area contributed by atoms with Crippen molar-refractivity contribution in [3.05, 3.63) is 30.1 Å². The molecule has 2 rings (SSSR count). The van der Waals surface area contributed by atoms with Gasteiger partial charge in [0.1, 0.15) is 0 Å². The summed E-state index contributed by atoms with van der Waals surface area (Å²) in [5, 5.41) is 3.08. The zero-order valence-electron chi connectivity index (χ0n) is 15.4. The lowest BCUT2D eigenvalue weighted by molar-refractivity contribution is -0.133. The number of carbonyl (C=O) groups excluding carboxylic acids is 2. The molecule has 0 aromatic carbocycles. The van der Waals surface area contributed by atoms with Crippen molar-refractivity contribution in [3.8, 4) is 0 Å². The molecule has 2 heterocycles. The molecule has 1 aromatic heterocycles. The minimum Gasteiger partial charge on any atom is -0.353 e. The molecule has 0 unspecified atom stereocenters. The van der Waals surface area contributed by atoms with Gasteiger partial charge >= 0.3 is 0 Å². The third-order valence-electron chi connectivity index (χ3n) is 4.76. The summed E-state index contributed by atoms with van der Waals surface area (Å²) < 4.78 is 0. The van der Waals surface area contributed by atoms with Gasteiger partial charge in [0, 0.05) is 64.0 Å². The molecule has 0 spiro atoms. The minimum atomic E-state index is -0.00813. The van der Waals surface area contributed by atoms with Gasteiger partial charge in [-0.2, -0.15) is 0 Å². The smallest absolute Gasteiger partial charge is 0.223 e. The largest absolute Gasteiger partial charge is 0.353 e. The van der Waals surface area contributed by atoms with Crippen LogP contribution in [0, 0.1) is 0 Å². The molecule has 25 heavy (non-hydrogen) atoms. The first-order chi connectivity index (χ1) is 12.1. The molecule has 1 saturated heterocycles. The van der Waals surface area contributed by atoms with E-state index < -0.39 is 0 Å². The van der Waals surface area contributed by atoms with Crippen molar-refractivity contribution in [2.75, 3.05) is 26.2 Å². The Bertz CT molecular complexity index is 538. The van der Waals surface area contributed by atoms with Gasteiger partial charge in [0.05, 0.1) is 0 Å². The number of likely N-dealkylation sites (tertiary alicyclic amines) is 1. The highest BCUT2D eigenvalue weighted by Gasteiger charge is 2.21. The fraction of sp³-hybridized carbons (Fsp3) is 0.632. The lowest BCUT2D eigenvalue weighted by atomic mass is 10.0. The van der Waals surface area contributed by atoms with Crippen molar-refractivity contribution in [1.82, 2.24) is 20.1 Å². The minimum absolute atomic E-state index is 0.00813. The van der Waals surface area contributed by atoms with Gasteiger partial charge < -0.3 is 10.2 Å². The van der Waals surface area contributed by atoms with Crippen molar-refractivity contribution in [2.45, 2.75) is 52.1 Å². The van der Waals surface area contributed by atoms with Gasteiger partial charge in [-0.25, -0.2) is 0 Å². The molecule has 1 aromatic rings. The molecule has 138 valence electrons. The van der Waals surface area contributed by atoms with E-state index in [-0.39, 0.29) is 24.3 Å². The maximum atomic E-state index is 12.1. The number of amides is 2. The summed E-state index contributed by atoms with van der Waals surface area (Å²) >= 11 is 0. The van der Waals surface area contributed by atoms with Gasteiger partial charge in [-0.15, -0.1) is 0 Å². The summed E-state index contributed by atoms with van der Waals surface area (Å²) in [5.41, 5.74) is 1.22. The van der Waals surface area contributed by atoms with E-state index in [1.807, 2.05) is 26.1 Å². The van der Waals surface area contributed by atoms with Gasteiger partial charge in [0.15, 0.2) is 0 Å². The Morgan fingerprint density at radius 3 is 2.56 bits per heavy atom. The Morgan fingerprint density at radius 1 is 1.24 bits per heavy atom. The molecule has 0 atom stereocenters. The first-order valence-corrected chi connectivity index (χ1v) is 9.30. The lowest BCUT2D eigenvalue weighted by Gasteiger charge is -2.32. The van der Waals surface area contributed by atoms with E-state index >= 15 is 0 Å². The standard InChI is InChI=1S/C19H30N4O2/c1-3-23(4-2)19(25)8-7-18(24)21-17-9-12-22(13-10-17)15-16-6-5-11-20-14-16/h5-6,11,14,17H,3-4,7-10,12-13,15H2,1-2H3,(H,21,24). The van der Waals surface area contributed by atoms with Crippen LogP contribution in [0.5, 0.6) is 0 Å². The second-order valence-corrected chi connectivity index (χ2v) is 6.55. The predicted octanol–water partition coefficient (Wildman–Crippen LogP) is 1.81. The van der Waals surface area contributed by atoms with E-state index in [1.165, 1.54) is 5.56 Å². The molecule has 1 N–H and O–H groups in total. The maximum Gasteiger partial charge on any atom is 0.223 e. The number of nitrogens with one attached hydrogen (secondary N) is 1. The summed E-state index contributed by atoms with van der Waals surface area (Å²) in [6.45, 7) is 8.17. The van der Waals surface area contributed by atoms with Crippen LogP contribution in [0.4, 0.5) is 0 Å². The topological polar surface area (TPSA) is 65.5 Å². The van der Waals surface area contributed by atoms with Crippen LogP contribution in [0.15, 0.2) is 24.5 Å².